The maximum atomic E-state index is 6.32. The standard InChI is InChI=1S/C23H24ClN7O2/c1-12(2)32-23-19(24)9-15(11-25-23)22-26-21(28-33-22)17-7-8-18-14(5-6-16(18)13(17)3)10-20-27-29-30-31(20)4/h7-9,11-12,14H,5-6,10H2,1-4H3/t14-/m1/s1. The van der Waals surface area contributed by atoms with Crippen LogP contribution in [0.1, 0.15) is 48.7 Å². The number of aromatic nitrogens is 7. The van der Waals surface area contributed by atoms with Gasteiger partial charge in [-0.2, -0.15) is 4.98 Å². The number of ether oxygens (including phenoxy) is 1. The van der Waals surface area contributed by atoms with E-state index in [0.717, 1.165) is 30.7 Å². The van der Waals surface area contributed by atoms with Gasteiger partial charge < -0.3 is 9.26 Å². The molecule has 0 amide bonds. The van der Waals surface area contributed by atoms with Crippen molar-refractivity contribution in [3.8, 4) is 28.7 Å². The molecule has 10 heteroatoms. The number of hydrogen-bond donors (Lipinski definition) is 0. The number of pyridine rings is 1. The minimum Gasteiger partial charge on any atom is -0.474 e. The van der Waals surface area contributed by atoms with Crippen molar-refractivity contribution in [2.45, 2.75) is 52.1 Å². The first-order valence-corrected chi connectivity index (χ1v) is 11.3. The summed E-state index contributed by atoms with van der Waals surface area (Å²) in [5, 5.41) is 16.5. The van der Waals surface area contributed by atoms with Crippen molar-refractivity contribution < 1.29 is 9.26 Å². The molecule has 9 nitrogen and oxygen atoms in total. The van der Waals surface area contributed by atoms with Gasteiger partial charge in [0.05, 0.1) is 11.7 Å². The van der Waals surface area contributed by atoms with Crippen molar-refractivity contribution in [1.29, 1.82) is 0 Å². The van der Waals surface area contributed by atoms with Gasteiger partial charge in [0, 0.05) is 25.2 Å². The topological polar surface area (TPSA) is 105 Å². The summed E-state index contributed by atoms with van der Waals surface area (Å²) in [4.78, 5) is 8.90. The Kier molecular flexibility index (Phi) is 5.57. The summed E-state index contributed by atoms with van der Waals surface area (Å²) < 4.78 is 12.9. The van der Waals surface area contributed by atoms with Crippen LogP contribution in [0.3, 0.4) is 0 Å². The largest absolute Gasteiger partial charge is 0.474 e. The van der Waals surface area contributed by atoms with Gasteiger partial charge in [-0.25, -0.2) is 9.67 Å². The van der Waals surface area contributed by atoms with Gasteiger partial charge in [-0.15, -0.1) is 5.10 Å². The molecule has 1 aliphatic carbocycles. The van der Waals surface area contributed by atoms with E-state index < -0.39 is 0 Å². The molecule has 1 aromatic carbocycles. The number of nitrogens with zero attached hydrogens (tertiary/aromatic N) is 7. The highest BCUT2D eigenvalue weighted by molar-refractivity contribution is 6.32. The summed E-state index contributed by atoms with van der Waals surface area (Å²) in [6, 6.07) is 5.97. The number of halogens is 1. The minimum absolute atomic E-state index is 0.0182. The molecular formula is C23H24ClN7O2. The smallest absolute Gasteiger partial charge is 0.259 e. The lowest BCUT2D eigenvalue weighted by atomic mass is 9.93. The van der Waals surface area contributed by atoms with Crippen LogP contribution >= 0.6 is 11.6 Å². The summed E-state index contributed by atoms with van der Waals surface area (Å²) in [7, 11) is 1.88. The highest BCUT2D eigenvalue weighted by atomic mass is 35.5. The molecule has 0 radical (unpaired) electrons. The molecule has 1 aliphatic rings. The van der Waals surface area contributed by atoms with Gasteiger partial charge in [0.25, 0.3) is 5.89 Å². The van der Waals surface area contributed by atoms with Crippen molar-refractivity contribution in [3.63, 3.8) is 0 Å². The molecule has 5 rings (SSSR count). The molecule has 4 aromatic rings. The van der Waals surface area contributed by atoms with E-state index in [4.69, 9.17) is 20.9 Å². The Morgan fingerprint density at radius 3 is 2.88 bits per heavy atom. The zero-order valence-corrected chi connectivity index (χ0v) is 19.7. The Bertz CT molecular complexity index is 1310. The van der Waals surface area contributed by atoms with Gasteiger partial charge in [-0.1, -0.05) is 28.9 Å². The molecule has 0 N–H and O–H groups in total. The van der Waals surface area contributed by atoms with Crippen LogP contribution in [0.15, 0.2) is 28.9 Å². The van der Waals surface area contributed by atoms with Crippen molar-refractivity contribution in [2.24, 2.45) is 7.05 Å². The highest BCUT2D eigenvalue weighted by Gasteiger charge is 2.27. The monoisotopic (exact) mass is 465 g/mol. The van der Waals surface area contributed by atoms with Gasteiger partial charge >= 0.3 is 0 Å². The summed E-state index contributed by atoms with van der Waals surface area (Å²) in [5.41, 5.74) is 5.48. The molecule has 0 aliphatic heterocycles. The molecular weight excluding hydrogens is 442 g/mol. The second-order valence-electron chi connectivity index (χ2n) is 8.57. The Morgan fingerprint density at radius 2 is 2.15 bits per heavy atom. The molecule has 0 fully saturated rings. The fraction of sp³-hybridized carbons (Fsp3) is 0.391. The van der Waals surface area contributed by atoms with Crippen LogP contribution in [0.2, 0.25) is 5.02 Å². The highest BCUT2D eigenvalue weighted by Crippen LogP contribution is 2.40. The lowest BCUT2D eigenvalue weighted by molar-refractivity contribution is 0.233. The van der Waals surface area contributed by atoms with E-state index in [0.29, 0.717) is 34.1 Å². The molecule has 1 atom stereocenters. The number of benzene rings is 1. The average Bonchev–Trinajstić information content (AvgIpc) is 3.51. The molecule has 3 heterocycles. The van der Waals surface area contributed by atoms with Gasteiger partial charge in [0.1, 0.15) is 5.02 Å². The van der Waals surface area contributed by atoms with E-state index in [2.05, 4.69) is 49.7 Å². The van der Waals surface area contributed by atoms with Crippen molar-refractivity contribution in [3.05, 3.63) is 51.9 Å². The third-order valence-corrected chi connectivity index (χ3v) is 6.29. The van der Waals surface area contributed by atoms with E-state index in [1.165, 1.54) is 16.7 Å². The Hall–Kier alpha value is -3.33. The third kappa shape index (κ3) is 4.08. The zero-order chi connectivity index (χ0) is 23.1. The van der Waals surface area contributed by atoms with Gasteiger partial charge in [-0.3, -0.25) is 0 Å². The molecule has 170 valence electrons. The predicted octanol–water partition coefficient (Wildman–Crippen LogP) is 4.34. The normalized spacial score (nSPS) is 15.3. The number of aryl methyl sites for hydroxylation is 1. The van der Waals surface area contributed by atoms with E-state index in [9.17, 15) is 0 Å². The van der Waals surface area contributed by atoms with Crippen LogP contribution in [0.25, 0.3) is 22.8 Å². The summed E-state index contributed by atoms with van der Waals surface area (Å²) >= 11 is 6.32. The molecule has 0 bridgehead atoms. The summed E-state index contributed by atoms with van der Waals surface area (Å²) in [6.07, 6.45) is 4.51. The van der Waals surface area contributed by atoms with E-state index >= 15 is 0 Å². The zero-order valence-electron chi connectivity index (χ0n) is 18.9. The maximum absolute atomic E-state index is 6.32. The number of fused-ring (bicyclic) bond motifs is 1. The minimum atomic E-state index is -0.0182. The van der Waals surface area contributed by atoms with Crippen LogP contribution in [0.4, 0.5) is 0 Å². The van der Waals surface area contributed by atoms with Crippen molar-refractivity contribution in [2.75, 3.05) is 0 Å². The van der Waals surface area contributed by atoms with Crippen LogP contribution in [0.5, 0.6) is 5.88 Å². The van der Waals surface area contributed by atoms with Crippen molar-refractivity contribution in [1.82, 2.24) is 35.3 Å². The lowest BCUT2D eigenvalue weighted by Gasteiger charge is -2.13. The first-order chi connectivity index (χ1) is 15.9. The fourth-order valence-corrected chi connectivity index (χ4v) is 4.58. The maximum Gasteiger partial charge on any atom is 0.259 e. The SMILES string of the molecule is Cc1c(-c2noc(-c3cnc(OC(C)C)c(Cl)c3)n2)ccc2c1CC[C@@H]2Cc1nnnn1C. The predicted molar refractivity (Wildman–Crippen MR) is 122 cm³/mol. The second kappa shape index (κ2) is 8.55. The number of tetrazole rings is 1. The number of hydrogen-bond acceptors (Lipinski definition) is 8. The van der Waals surface area contributed by atoms with Crippen LogP contribution in [0, 0.1) is 6.92 Å². The molecule has 3 aromatic heterocycles. The third-order valence-electron chi connectivity index (χ3n) is 6.02. The van der Waals surface area contributed by atoms with Crippen LogP contribution in [-0.4, -0.2) is 41.4 Å². The van der Waals surface area contributed by atoms with Crippen LogP contribution in [-0.2, 0) is 19.9 Å². The summed E-state index contributed by atoms with van der Waals surface area (Å²) in [5.74, 6) is 2.59. The molecule has 33 heavy (non-hydrogen) atoms. The quantitative estimate of drug-likeness (QED) is 0.414. The van der Waals surface area contributed by atoms with E-state index in [1.54, 1.807) is 16.9 Å². The average molecular weight is 466 g/mol. The molecule has 0 saturated heterocycles. The molecule has 0 unspecified atom stereocenters. The molecule has 0 saturated carbocycles. The lowest BCUT2D eigenvalue weighted by Crippen LogP contribution is -2.07. The first kappa shape index (κ1) is 21.5. The van der Waals surface area contributed by atoms with Crippen LogP contribution < -0.4 is 4.74 Å². The van der Waals surface area contributed by atoms with Gasteiger partial charge in [-0.05, 0) is 72.7 Å². The van der Waals surface area contributed by atoms with Crippen molar-refractivity contribution >= 4 is 11.6 Å². The second-order valence-corrected chi connectivity index (χ2v) is 8.97. The fourth-order valence-electron chi connectivity index (χ4n) is 4.36. The first-order valence-electron chi connectivity index (χ1n) is 10.9. The van der Waals surface area contributed by atoms with Gasteiger partial charge in [0.15, 0.2) is 5.82 Å². The number of rotatable bonds is 6. The van der Waals surface area contributed by atoms with Gasteiger partial charge in [0.2, 0.25) is 11.7 Å². The Morgan fingerprint density at radius 1 is 1.30 bits per heavy atom. The Labute approximate surface area is 196 Å². The summed E-state index contributed by atoms with van der Waals surface area (Å²) in [6.45, 7) is 5.96. The molecule has 0 spiro atoms. The Balaban J connectivity index is 1.40. The van der Waals surface area contributed by atoms with E-state index in [1.807, 2.05) is 20.9 Å². The van der Waals surface area contributed by atoms with E-state index in [-0.39, 0.29) is 6.10 Å².